The fraction of sp³-hybridized carbons (Fsp3) is 0.692. The number of unbranched alkanes of at least 4 members (excludes halogenated alkanes) is 1. The molecule has 4 aliphatic carbocycles. The molecule has 12 N–H and O–H groups in total. The Hall–Kier alpha value is -4.40. The van der Waals surface area contributed by atoms with Crippen LogP contribution in [0.5, 0.6) is 0 Å². The van der Waals surface area contributed by atoms with Crippen molar-refractivity contribution < 1.29 is 28.7 Å². The van der Waals surface area contributed by atoms with Crippen LogP contribution in [0.4, 0.5) is 4.79 Å². The van der Waals surface area contributed by atoms with Crippen molar-refractivity contribution >= 4 is 35.7 Å². The first kappa shape index (κ1) is 42.3. The number of carbonyl (C=O) groups excluding carboxylic acids is 5. The van der Waals surface area contributed by atoms with Crippen molar-refractivity contribution in [1.29, 1.82) is 5.41 Å². The zero-order valence-electron chi connectivity index (χ0n) is 32.2. The molecule has 0 heterocycles. The van der Waals surface area contributed by atoms with E-state index in [4.69, 9.17) is 27.3 Å². The minimum atomic E-state index is -1.12. The van der Waals surface area contributed by atoms with E-state index in [1.54, 1.807) is 20.8 Å². The Morgan fingerprint density at radius 1 is 0.778 bits per heavy atom. The summed E-state index contributed by atoms with van der Waals surface area (Å²) >= 11 is 0. The number of amides is 5. The van der Waals surface area contributed by atoms with Crippen molar-refractivity contribution in [2.24, 2.45) is 40.4 Å². The zero-order chi connectivity index (χ0) is 39.5. The van der Waals surface area contributed by atoms with Crippen molar-refractivity contribution in [3.63, 3.8) is 0 Å². The van der Waals surface area contributed by atoms with Crippen LogP contribution in [0.2, 0.25) is 0 Å². The van der Waals surface area contributed by atoms with Gasteiger partial charge in [0, 0.05) is 13.0 Å². The van der Waals surface area contributed by atoms with E-state index in [9.17, 15) is 24.0 Å². The number of nitrogens with one attached hydrogen (secondary N) is 6. The number of guanidine groups is 1. The smallest absolute Gasteiger partial charge is 0.408 e. The van der Waals surface area contributed by atoms with E-state index in [2.05, 4.69) is 26.6 Å². The van der Waals surface area contributed by atoms with Gasteiger partial charge in [0.1, 0.15) is 29.8 Å². The van der Waals surface area contributed by atoms with Crippen molar-refractivity contribution in [3.8, 4) is 0 Å². The molecule has 5 amide bonds. The molecule has 0 unspecified atom stereocenters. The van der Waals surface area contributed by atoms with Gasteiger partial charge >= 0.3 is 6.09 Å². The highest BCUT2D eigenvalue weighted by Gasteiger charge is 2.52. The van der Waals surface area contributed by atoms with Gasteiger partial charge in [-0.05, 0) is 133 Å². The molecule has 1 aromatic rings. The maximum absolute atomic E-state index is 14.3. The monoisotopic (exact) mass is 753 g/mol. The van der Waals surface area contributed by atoms with Gasteiger partial charge in [0.05, 0.1) is 0 Å². The second-order valence-electron chi connectivity index (χ2n) is 16.9. The van der Waals surface area contributed by atoms with Crippen LogP contribution in [0.25, 0.3) is 0 Å². The van der Waals surface area contributed by atoms with E-state index in [0.29, 0.717) is 56.4 Å². The number of carbonyl (C=O) groups is 5. The van der Waals surface area contributed by atoms with E-state index >= 15 is 0 Å². The highest BCUT2D eigenvalue weighted by molar-refractivity contribution is 5.95. The highest BCUT2D eigenvalue weighted by Crippen LogP contribution is 2.61. The largest absolute Gasteiger partial charge is 0.444 e. The number of alkyl carbamates (subject to hydrolysis) is 1. The van der Waals surface area contributed by atoms with Crippen molar-refractivity contribution in [2.75, 3.05) is 13.1 Å². The molecule has 1 aromatic carbocycles. The van der Waals surface area contributed by atoms with Gasteiger partial charge in [-0.1, -0.05) is 30.3 Å². The molecule has 0 radical (unpaired) electrons. The molecule has 4 saturated carbocycles. The summed E-state index contributed by atoms with van der Waals surface area (Å²) in [4.78, 5) is 67.8. The van der Waals surface area contributed by atoms with Crippen LogP contribution in [0.3, 0.4) is 0 Å². The van der Waals surface area contributed by atoms with Crippen molar-refractivity contribution in [3.05, 3.63) is 35.9 Å². The van der Waals surface area contributed by atoms with Gasteiger partial charge in [-0.3, -0.25) is 24.6 Å². The van der Waals surface area contributed by atoms with E-state index in [1.165, 1.54) is 19.3 Å². The summed E-state index contributed by atoms with van der Waals surface area (Å²) in [6.07, 6.45) is 8.41. The molecule has 54 heavy (non-hydrogen) atoms. The molecule has 4 aliphatic rings. The topological polar surface area (TPSA) is 257 Å². The second-order valence-corrected chi connectivity index (χ2v) is 16.9. The van der Waals surface area contributed by atoms with Crippen LogP contribution in [-0.4, -0.2) is 78.5 Å². The van der Waals surface area contributed by atoms with Crippen LogP contribution >= 0.6 is 0 Å². The fourth-order valence-corrected chi connectivity index (χ4v) is 9.08. The van der Waals surface area contributed by atoms with Gasteiger partial charge in [0.25, 0.3) is 0 Å². The lowest BCUT2D eigenvalue weighted by atomic mass is 9.48. The van der Waals surface area contributed by atoms with Crippen LogP contribution < -0.4 is 43.8 Å². The fourth-order valence-electron chi connectivity index (χ4n) is 9.08. The van der Waals surface area contributed by atoms with Crippen LogP contribution in [-0.2, 0) is 30.3 Å². The quantitative estimate of drug-likeness (QED) is 0.0536. The third kappa shape index (κ3) is 13.2. The lowest BCUT2D eigenvalue weighted by Crippen LogP contribution is -2.60. The van der Waals surface area contributed by atoms with Crippen LogP contribution in [0.1, 0.15) is 103 Å². The summed E-state index contributed by atoms with van der Waals surface area (Å²) in [5.74, 6) is -0.767. The molecule has 0 aliphatic heterocycles. The Morgan fingerprint density at radius 2 is 1.31 bits per heavy atom. The normalized spacial score (nSPS) is 23.6. The summed E-state index contributed by atoms with van der Waals surface area (Å²) in [5, 5.41) is 21.6. The molecule has 4 bridgehead atoms. The number of benzene rings is 1. The molecule has 4 fully saturated rings. The molecule has 4 atom stereocenters. The van der Waals surface area contributed by atoms with Gasteiger partial charge in [-0.15, -0.1) is 0 Å². The number of nitrogens with two attached hydrogens (primary N) is 3. The minimum Gasteiger partial charge on any atom is -0.444 e. The average Bonchev–Trinajstić information content (AvgIpc) is 3.07. The Labute approximate surface area is 319 Å². The lowest BCUT2D eigenvalue weighted by molar-refractivity contribution is -0.136. The van der Waals surface area contributed by atoms with E-state index in [0.717, 1.165) is 24.8 Å². The number of ether oxygens (including phenoxy) is 1. The van der Waals surface area contributed by atoms with E-state index in [1.807, 2.05) is 30.3 Å². The Balaban J connectivity index is 1.58. The maximum Gasteiger partial charge on any atom is 0.408 e. The molecular formula is C39H63N9O6. The molecule has 15 heteroatoms. The Morgan fingerprint density at radius 3 is 1.87 bits per heavy atom. The van der Waals surface area contributed by atoms with Gasteiger partial charge in [-0.2, -0.15) is 0 Å². The summed E-state index contributed by atoms with van der Waals surface area (Å²) in [7, 11) is 0. The third-order valence-electron chi connectivity index (χ3n) is 11.0. The lowest BCUT2D eigenvalue weighted by Gasteiger charge is -2.57. The first-order chi connectivity index (χ1) is 25.5. The standard InChI is InChI=1S/C39H63N9O6/c1-38(2,3)54-37(53)48-30(19-24-10-5-4-6-11-24)34(51)46-29(13-9-15-44-36(42)43)33(50)47-31(35(52)45-28(32(41)49)12-7-8-14-40)23-39-20-25-16-26(21-39)18-27(17-25)22-39/h4-6,10-11,25-31H,7-9,12-23,40H2,1-3H3,(H2,41,49)(H,45,52)(H,46,51)(H,47,50)(H,48,53)(H4,42,43,44)/t25?,26?,27?,28-,29+,30-,31-,39?/m0/s1. The van der Waals surface area contributed by atoms with E-state index in [-0.39, 0.29) is 30.8 Å². The Bertz CT molecular complexity index is 1430. The molecule has 300 valence electrons. The summed E-state index contributed by atoms with van der Waals surface area (Å²) < 4.78 is 5.45. The molecule has 0 saturated heterocycles. The second kappa shape index (κ2) is 19.3. The summed E-state index contributed by atoms with van der Waals surface area (Å²) in [6.45, 7) is 5.86. The third-order valence-corrected chi connectivity index (χ3v) is 11.0. The Kier molecular flexibility index (Phi) is 15.1. The number of hydrogen-bond donors (Lipinski definition) is 9. The predicted octanol–water partition coefficient (Wildman–Crippen LogP) is 2.06. The van der Waals surface area contributed by atoms with E-state index < -0.39 is 59.5 Å². The number of rotatable bonds is 20. The number of hydrogen-bond acceptors (Lipinski definition) is 8. The summed E-state index contributed by atoms with van der Waals surface area (Å²) in [5.41, 5.74) is 16.7. The highest BCUT2D eigenvalue weighted by atomic mass is 16.6. The zero-order valence-corrected chi connectivity index (χ0v) is 32.2. The van der Waals surface area contributed by atoms with Crippen LogP contribution in [0.15, 0.2) is 30.3 Å². The summed E-state index contributed by atoms with van der Waals surface area (Å²) in [6, 6.07) is 5.03. The SMILES string of the molecule is CC(C)(C)OC(=O)N[C@@H](Cc1ccccc1)C(=O)N[C@H](CCCNC(=N)N)C(=O)N[C@@H](CC12CC3CC(CC(C3)C1)C2)C(=O)N[C@@H](CCCCN)C(N)=O. The van der Waals surface area contributed by atoms with Crippen molar-refractivity contribution in [1.82, 2.24) is 26.6 Å². The molecule has 0 spiro atoms. The van der Waals surface area contributed by atoms with Gasteiger partial charge in [0.15, 0.2) is 5.96 Å². The minimum absolute atomic E-state index is 0.117. The molecular weight excluding hydrogens is 690 g/mol. The first-order valence-electron chi connectivity index (χ1n) is 19.6. The first-order valence-corrected chi connectivity index (χ1v) is 19.6. The maximum atomic E-state index is 14.3. The number of primary amides is 1. The van der Waals surface area contributed by atoms with Gasteiger partial charge < -0.3 is 48.5 Å². The average molecular weight is 754 g/mol. The molecule has 5 rings (SSSR count). The van der Waals surface area contributed by atoms with Gasteiger partial charge in [-0.25, -0.2) is 4.79 Å². The molecule has 15 nitrogen and oxygen atoms in total. The predicted molar refractivity (Wildman–Crippen MR) is 206 cm³/mol. The van der Waals surface area contributed by atoms with Gasteiger partial charge in [0.2, 0.25) is 23.6 Å². The molecule has 0 aromatic heterocycles. The van der Waals surface area contributed by atoms with Crippen molar-refractivity contribution in [2.45, 2.75) is 134 Å². The van der Waals surface area contributed by atoms with Crippen LogP contribution in [0, 0.1) is 28.6 Å².